The average molecular weight is 282 g/mol. The summed E-state index contributed by atoms with van der Waals surface area (Å²) >= 11 is 0. The van der Waals surface area contributed by atoms with E-state index in [9.17, 15) is 8.78 Å². The molecule has 0 spiro atoms. The molecule has 2 rings (SSSR count). The zero-order valence-corrected chi connectivity index (χ0v) is 12.5. The molecule has 1 heterocycles. The summed E-state index contributed by atoms with van der Waals surface area (Å²) in [6.07, 6.45) is 1.01. The summed E-state index contributed by atoms with van der Waals surface area (Å²) in [5, 5.41) is 3.55. The highest BCUT2D eigenvalue weighted by Gasteiger charge is 2.28. The number of hydrogen-bond acceptors (Lipinski definition) is 2. The minimum absolute atomic E-state index is 0.319. The van der Waals surface area contributed by atoms with E-state index in [0.29, 0.717) is 30.1 Å². The molecule has 0 saturated carbocycles. The molecule has 0 aromatic heterocycles. The average Bonchev–Trinajstić information content (AvgIpc) is 2.42. The highest BCUT2D eigenvalue weighted by molar-refractivity contribution is 5.19. The fourth-order valence-corrected chi connectivity index (χ4v) is 2.81. The van der Waals surface area contributed by atoms with Crippen molar-refractivity contribution in [2.45, 2.75) is 45.8 Å². The Hall–Kier alpha value is -1.00. The molecule has 1 aliphatic rings. The normalized spacial score (nSPS) is 24.3. The molecule has 112 valence electrons. The summed E-state index contributed by atoms with van der Waals surface area (Å²) in [6.45, 7) is 8.78. The molecule has 2 nitrogen and oxygen atoms in total. The predicted octanol–water partition coefficient (Wildman–Crippen LogP) is 3.17. The Morgan fingerprint density at radius 1 is 1.35 bits per heavy atom. The number of nitrogens with zero attached hydrogens (tertiary/aromatic N) is 1. The van der Waals surface area contributed by atoms with Gasteiger partial charge in [-0.15, -0.1) is 0 Å². The van der Waals surface area contributed by atoms with Crippen LogP contribution in [0.2, 0.25) is 0 Å². The van der Waals surface area contributed by atoms with Crippen LogP contribution in [0.4, 0.5) is 8.78 Å². The van der Waals surface area contributed by atoms with Crippen LogP contribution in [0, 0.1) is 17.6 Å². The van der Waals surface area contributed by atoms with E-state index >= 15 is 0 Å². The summed E-state index contributed by atoms with van der Waals surface area (Å²) < 4.78 is 27.1. The van der Waals surface area contributed by atoms with Crippen LogP contribution in [-0.4, -0.2) is 30.1 Å². The van der Waals surface area contributed by atoms with Gasteiger partial charge in [0.05, 0.1) is 0 Å². The van der Waals surface area contributed by atoms with Crippen LogP contribution >= 0.6 is 0 Å². The van der Waals surface area contributed by atoms with E-state index in [4.69, 9.17) is 0 Å². The lowest BCUT2D eigenvalue weighted by Crippen LogP contribution is -2.57. The topological polar surface area (TPSA) is 15.3 Å². The first kappa shape index (κ1) is 15.4. The maximum atomic E-state index is 13.8. The Morgan fingerprint density at radius 2 is 2.10 bits per heavy atom. The van der Waals surface area contributed by atoms with Gasteiger partial charge >= 0.3 is 0 Å². The highest BCUT2D eigenvalue weighted by Crippen LogP contribution is 2.20. The van der Waals surface area contributed by atoms with E-state index < -0.39 is 0 Å². The maximum absolute atomic E-state index is 13.8. The Balaban J connectivity index is 2.13. The third-order valence-electron chi connectivity index (χ3n) is 4.22. The summed E-state index contributed by atoms with van der Waals surface area (Å²) in [5.74, 6) is -0.154. The number of hydrogen-bond donors (Lipinski definition) is 1. The third-order valence-corrected chi connectivity index (χ3v) is 4.22. The quantitative estimate of drug-likeness (QED) is 0.912. The van der Waals surface area contributed by atoms with E-state index in [1.165, 1.54) is 18.2 Å². The lowest BCUT2D eigenvalue weighted by molar-refractivity contribution is 0.102. The summed E-state index contributed by atoms with van der Waals surface area (Å²) in [7, 11) is 0. The smallest absolute Gasteiger partial charge is 0.127 e. The molecule has 0 radical (unpaired) electrons. The Bertz CT molecular complexity index is 448. The van der Waals surface area contributed by atoms with Gasteiger partial charge in [0.1, 0.15) is 11.6 Å². The van der Waals surface area contributed by atoms with Crippen molar-refractivity contribution in [2.24, 2.45) is 5.92 Å². The molecular formula is C16H24F2N2. The minimum atomic E-state index is -0.370. The van der Waals surface area contributed by atoms with Gasteiger partial charge in [0, 0.05) is 37.3 Å². The van der Waals surface area contributed by atoms with Crippen molar-refractivity contribution in [1.82, 2.24) is 10.2 Å². The van der Waals surface area contributed by atoms with Gasteiger partial charge in [0.15, 0.2) is 0 Å². The SMILES string of the molecule is CCC1CNC(C(C)C)CN1Cc1cc(F)ccc1F. The molecule has 0 amide bonds. The van der Waals surface area contributed by atoms with Crippen molar-refractivity contribution in [2.75, 3.05) is 13.1 Å². The van der Waals surface area contributed by atoms with Crippen molar-refractivity contribution in [1.29, 1.82) is 0 Å². The van der Waals surface area contributed by atoms with Gasteiger partial charge in [-0.3, -0.25) is 4.90 Å². The van der Waals surface area contributed by atoms with Gasteiger partial charge in [-0.1, -0.05) is 20.8 Å². The molecule has 1 fully saturated rings. The van der Waals surface area contributed by atoms with Gasteiger partial charge < -0.3 is 5.32 Å². The molecule has 1 aromatic carbocycles. The molecule has 0 bridgehead atoms. The van der Waals surface area contributed by atoms with Crippen molar-refractivity contribution >= 4 is 0 Å². The Kier molecular flexibility index (Phi) is 5.11. The molecule has 2 atom stereocenters. The second-order valence-electron chi connectivity index (χ2n) is 5.99. The second-order valence-corrected chi connectivity index (χ2v) is 5.99. The van der Waals surface area contributed by atoms with Crippen LogP contribution in [0.15, 0.2) is 18.2 Å². The number of rotatable bonds is 4. The molecular weight excluding hydrogens is 258 g/mol. The van der Waals surface area contributed by atoms with Crippen LogP contribution in [0.3, 0.4) is 0 Å². The van der Waals surface area contributed by atoms with Crippen molar-refractivity contribution < 1.29 is 8.78 Å². The molecule has 2 unspecified atom stereocenters. The van der Waals surface area contributed by atoms with Crippen LogP contribution in [-0.2, 0) is 6.54 Å². The number of halogens is 2. The summed E-state index contributed by atoms with van der Waals surface area (Å²) in [6, 6.07) is 4.50. The number of piperazine rings is 1. The van der Waals surface area contributed by atoms with Gasteiger partial charge in [0.2, 0.25) is 0 Å². The van der Waals surface area contributed by atoms with Crippen LogP contribution in [0.1, 0.15) is 32.8 Å². The van der Waals surface area contributed by atoms with Gasteiger partial charge in [-0.25, -0.2) is 8.78 Å². The second kappa shape index (κ2) is 6.64. The fourth-order valence-electron chi connectivity index (χ4n) is 2.81. The lowest BCUT2D eigenvalue weighted by Gasteiger charge is -2.41. The zero-order valence-electron chi connectivity index (χ0n) is 12.5. The van der Waals surface area contributed by atoms with Crippen molar-refractivity contribution in [3.05, 3.63) is 35.4 Å². The minimum Gasteiger partial charge on any atom is -0.311 e. The molecule has 0 aliphatic carbocycles. The first-order valence-electron chi connectivity index (χ1n) is 7.42. The molecule has 1 aromatic rings. The number of nitrogens with one attached hydrogen (secondary N) is 1. The molecule has 4 heteroatoms. The largest absolute Gasteiger partial charge is 0.311 e. The molecule has 1 saturated heterocycles. The summed E-state index contributed by atoms with van der Waals surface area (Å²) in [5.41, 5.74) is 0.452. The maximum Gasteiger partial charge on any atom is 0.127 e. The third kappa shape index (κ3) is 3.55. The monoisotopic (exact) mass is 282 g/mol. The van der Waals surface area contributed by atoms with Crippen LogP contribution in [0.5, 0.6) is 0 Å². The van der Waals surface area contributed by atoms with E-state index in [0.717, 1.165) is 19.5 Å². The molecule has 20 heavy (non-hydrogen) atoms. The zero-order chi connectivity index (χ0) is 14.7. The summed E-state index contributed by atoms with van der Waals surface area (Å²) in [4.78, 5) is 2.28. The predicted molar refractivity (Wildman–Crippen MR) is 77.5 cm³/mol. The standard InChI is InChI=1S/C16H24F2N2/c1-4-14-8-19-16(11(2)3)10-20(14)9-12-7-13(17)5-6-15(12)18/h5-7,11,14,16,19H,4,8-10H2,1-3H3. The Morgan fingerprint density at radius 3 is 2.75 bits per heavy atom. The van der Waals surface area contributed by atoms with E-state index in [-0.39, 0.29) is 11.6 Å². The van der Waals surface area contributed by atoms with Crippen LogP contribution < -0.4 is 5.32 Å². The van der Waals surface area contributed by atoms with E-state index in [1.807, 2.05) is 0 Å². The van der Waals surface area contributed by atoms with E-state index in [1.54, 1.807) is 0 Å². The van der Waals surface area contributed by atoms with Crippen molar-refractivity contribution in [3.8, 4) is 0 Å². The number of benzene rings is 1. The first-order chi connectivity index (χ1) is 9.51. The van der Waals surface area contributed by atoms with Crippen molar-refractivity contribution in [3.63, 3.8) is 0 Å². The van der Waals surface area contributed by atoms with Gasteiger partial charge in [0.25, 0.3) is 0 Å². The lowest BCUT2D eigenvalue weighted by atomic mass is 9.98. The fraction of sp³-hybridized carbons (Fsp3) is 0.625. The molecule has 1 aliphatic heterocycles. The Labute approximate surface area is 120 Å². The van der Waals surface area contributed by atoms with Crippen LogP contribution in [0.25, 0.3) is 0 Å². The van der Waals surface area contributed by atoms with Gasteiger partial charge in [-0.05, 0) is 30.5 Å². The molecule has 1 N–H and O–H groups in total. The first-order valence-corrected chi connectivity index (χ1v) is 7.42. The highest BCUT2D eigenvalue weighted by atomic mass is 19.1. The van der Waals surface area contributed by atoms with E-state index in [2.05, 4.69) is 31.0 Å². The van der Waals surface area contributed by atoms with Gasteiger partial charge in [-0.2, -0.15) is 0 Å².